The number of carbonyl (C=O) groups excluding carboxylic acids is 2. The highest BCUT2D eigenvalue weighted by molar-refractivity contribution is 6.04. The molecule has 40 heavy (non-hydrogen) atoms. The van der Waals surface area contributed by atoms with Gasteiger partial charge in [-0.15, -0.1) is 0 Å². The van der Waals surface area contributed by atoms with Crippen LogP contribution in [-0.4, -0.2) is 22.8 Å². The number of nitrogens with one attached hydrogen (secondary N) is 1. The Balaban J connectivity index is 1.35. The predicted octanol–water partition coefficient (Wildman–Crippen LogP) is 7.81. The molecule has 0 aromatic heterocycles. The molecule has 0 fully saturated rings. The van der Waals surface area contributed by atoms with Gasteiger partial charge in [-0.25, -0.2) is 0 Å². The van der Waals surface area contributed by atoms with Crippen LogP contribution in [0.5, 0.6) is 0 Å². The van der Waals surface area contributed by atoms with E-state index in [0.29, 0.717) is 29.7 Å². The lowest BCUT2D eigenvalue weighted by Crippen LogP contribution is -2.19. The van der Waals surface area contributed by atoms with Crippen molar-refractivity contribution in [3.63, 3.8) is 0 Å². The highest BCUT2D eigenvalue weighted by Gasteiger charge is 2.22. The van der Waals surface area contributed by atoms with Crippen LogP contribution in [0.3, 0.4) is 0 Å². The molecular formula is C35H35NO4. The summed E-state index contributed by atoms with van der Waals surface area (Å²) in [4.78, 5) is 37.3. The van der Waals surface area contributed by atoms with Crippen molar-refractivity contribution in [2.24, 2.45) is 5.92 Å². The first-order chi connectivity index (χ1) is 19.1. The molecule has 1 unspecified atom stereocenters. The van der Waals surface area contributed by atoms with Gasteiger partial charge in [-0.05, 0) is 64.8 Å². The van der Waals surface area contributed by atoms with Crippen LogP contribution >= 0.6 is 0 Å². The number of anilines is 1. The average Bonchev–Trinajstić information content (AvgIpc) is 2.95. The zero-order valence-electron chi connectivity index (χ0n) is 23.2. The molecule has 0 aliphatic carbocycles. The Kier molecular flexibility index (Phi) is 8.95. The number of hydrogen-bond acceptors (Lipinski definition) is 3. The average molecular weight is 534 g/mol. The fraction of sp³-hybridized carbons (Fsp3) is 0.229. The number of carbonyl (C=O) groups is 3. The Morgan fingerprint density at radius 3 is 1.82 bits per heavy atom. The van der Waals surface area contributed by atoms with Crippen LogP contribution in [0.2, 0.25) is 0 Å². The molecule has 0 bridgehead atoms. The van der Waals surface area contributed by atoms with E-state index >= 15 is 0 Å². The molecule has 0 aliphatic heterocycles. The van der Waals surface area contributed by atoms with E-state index in [1.54, 1.807) is 12.1 Å². The Labute approximate surface area is 235 Å². The number of Topliss-reactive ketones (excluding diaryl/α,β-unsaturated/α-hetero) is 1. The predicted molar refractivity (Wildman–Crippen MR) is 160 cm³/mol. The summed E-state index contributed by atoms with van der Waals surface area (Å²) in [6, 6.07) is 32.1. The lowest BCUT2D eigenvalue weighted by Gasteiger charge is -2.19. The van der Waals surface area contributed by atoms with Gasteiger partial charge >= 0.3 is 5.97 Å². The first-order valence-electron chi connectivity index (χ1n) is 13.5. The minimum absolute atomic E-state index is 0.0275. The van der Waals surface area contributed by atoms with E-state index in [1.165, 1.54) is 5.56 Å². The molecule has 4 rings (SSSR count). The fourth-order valence-corrected chi connectivity index (χ4v) is 4.56. The minimum atomic E-state index is -0.949. The van der Waals surface area contributed by atoms with Gasteiger partial charge in [0, 0.05) is 23.2 Å². The van der Waals surface area contributed by atoms with Crippen LogP contribution in [0.1, 0.15) is 65.5 Å². The van der Waals surface area contributed by atoms with Crippen molar-refractivity contribution in [2.45, 2.75) is 45.4 Å². The fourth-order valence-electron chi connectivity index (χ4n) is 4.56. The Hall–Kier alpha value is -4.51. The lowest BCUT2D eigenvalue weighted by molar-refractivity contribution is -0.141. The molecule has 2 N–H and O–H groups in total. The SMILES string of the molecule is CC(C)(C)c1ccc(C(=O)Nc2ccc(-c3ccc(C(=O)CC(CCc4ccccc4)C(=O)O)cc3)cc2)cc1. The number of benzene rings is 4. The van der Waals surface area contributed by atoms with Crippen molar-refractivity contribution in [1.82, 2.24) is 0 Å². The number of hydrogen-bond donors (Lipinski definition) is 2. The third-order valence-electron chi connectivity index (χ3n) is 7.10. The molecule has 5 heteroatoms. The molecule has 1 amide bonds. The number of ketones is 1. The van der Waals surface area contributed by atoms with Gasteiger partial charge in [0.1, 0.15) is 0 Å². The molecule has 5 nitrogen and oxygen atoms in total. The van der Waals surface area contributed by atoms with E-state index in [1.807, 2.05) is 91.0 Å². The molecule has 0 radical (unpaired) electrons. The van der Waals surface area contributed by atoms with Crippen molar-refractivity contribution in [3.05, 3.63) is 125 Å². The van der Waals surface area contributed by atoms with Gasteiger partial charge in [-0.2, -0.15) is 0 Å². The van der Waals surface area contributed by atoms with Gasteiger partial charge in [0.25, 0.3) is 5.91 Å². The quantitative estimate of drug-likeness (QED) is 0.204. The zero-order valence-corrected chi connectivity index (χ0v) is 23.2. The first-order valence-corrected chi connectivity index (χ1v) is 13.5. The summed E-state index contributed by atoms with van der Waals surface area (Å²) in [5.41, 5.74) is 5.91. The Morgan fingerprint density at radius 1 is 0.725 bits per heavy atom. The van der Waals surface area contributed by atoms with Gasteiger partial charge in [0.2, 0.25) is 0 Å². The molecule has 0 aliphatic rings. The largest absolute Gasteiger partial charge is 0.481 e. The molecular weight excluding hydrogens is 498 g/mol. The summed E-state index contributed by atoms with van der Waals surface area (Å²) in [5.74, 6) is -2.03. The van der Waals surface area contributed by atoms with Crippen LogP contribution in [0.15, 0.2) is 103 Å². The summed E-state index contributed by atoms with van der Waals surface area (Å²) < 4.78 is 0. The highest BCUT2D eigenvalue weighted by Crippen LogP contribution is 2.25. The van der Waals surface area contributed by atoms with E-state index < -0.39 is 11.9 Å². The van der Waals surface area contributed by atoms with Gasteiger partial charge in [-0.1, -0.05) is 99.6 Å². The van der Waals surface area contributed by atoms with Crippen molar-refractivity contribution in [1.29, 1.82) is 0 Å². The smallest absolute Gasteiger partial charge is 0.306 e. The number of rotatable bonds is 10. The van der Waals surface area contributed by atoms with Crippen LogP contribution < -0.4 is 5.32 Å². The van der Waals surface area contributed by atoms with Gasteiger partial charge in [0.15, 0.2) is 5.78 Å². The maximum atomic E-state index is 12.8. The van der Waals surface area contributed by atoms with E-state index in [4.69, 9.17) is 0 Å². The van der Waals surface area contributed by atoms with Crippen molar-refractivity contribution in [3.8, 4) is 11.1 Å². The first kappa shape index (κ1) is 28.5. The molecule has 0 heterocycles. The zero-order chi connectivity index (χ0) is 28.7. The normalized spacial score (nSPS) is 12.0. The standard InChI is InChI=1S/C35H35NO4/c1-35(2,3)30-19-15-28(16-20-30)33(38)36-31-21-17-26(18-22-31)25-11-13-27(14-12-25)32(37)23-29(34(39)40)10-9-24-7-5-4-6-8-24/h4-8,11-22,29H,9-10,23H2,1-3H3,(H,36,38)(H,39,40). The molecule has 0 spiro atoms. The number of carboxylic acids is 1. The van der Waals surface area contributed by atoms with Crippen molar-refractivity contribution < 1.29 is 19.5 Å². The van der Waals surface area contributed by atoms with E-state index in [9.17, 15) is 19.5 Å². The molecule has 0 saturated heterocycles. The Morgan fingerprint density at radius 2 is 1.27 bits per heavy atom. The number of amides is 1. The molecule has 0 saturated carbocycles. The monoisotopic (exact) mass is 533 g/mol. The third-order valence-corrected chi connectivity index (χ3v) is 7.10. The summed E-state index contributed by atoms with van der Waals surface area (Å²) >= 11 is 0. The van der Waals surface area contributed by atoms with Crippen LogP contribution in [0.4, 0.5) is 5.69 Å². The second-order valence-electron chi connectivity index (χ2n) is 11.1. The van der Waals surface area contributed by atoms with Crippen LogP contribution in [0.25, 0.3) is 11.1 Å². The molecule has 4 aromatic rings. The second kappa shape index (κ2) is 12.6. The summed E-state index contributed by atoms with van der Waals surface area (Å²) in [7, 11) is 0. The minimum Gasteiger partial charge on any atom is -0.481 e. The maximum absolute atomic E-state index is 12.8. The van der Waals surface area contributed by atoms with Crippen LogP contribution in [0, 0.1) is 5.92 Å². The third kappa shape index (κ3) is 7.54. The van der Waals surface area contributed by atoms with E-state index in [-0.39, 0.29) is 23.5 Å². The Bertz CT molecular complexity index is 1450. The van der Waals surface area contributed by atoms with E-state index in [0.717, 1.165) is 16.7 Å². The molecule has 1 atom stereocenters. The van der Waals surface area contributed by atoms with E-state index in [2.05, 4.69) is 26.1 Å². The van der Waals surface area contributed by atoms with Crippen molar-refractivity contribution >= 4 is 23.3 Å². The van der Waals surface area contributed by atoms with Gasteiger partial charge in [0.05, 0.1) is 5.92 Å². The summed E-state index contributed by atoms with van der Waals surface area (Å²) in [6.07, 6.45) is 0.993. The lowest BCUT2D eigenvalue weighted by atomic mass is 9.87. The number of aryl methyl sites for hydroxylation is 1. The second-order valence-corrected chi connectivity index (χ2v) is 11.1. The van der Waals surface area contributed by atoms with Crippen LogP contribution in [-0.2, 0) is 16.6 Å². The molecule has 204 valence electrons. The summed E-state index contributed by atoms with van der Waals surface area (Å²) in [6.45, 7) is 6.41. The highest BCUT2D eigenvalue weighted by atomic mass is 16.4. The topological polar surface area (TPSA) is 83.5 Å². The van der Waals surface area contributed by atoms with Gasteiger partial charge in [-0.3, -0.25) is 14.4 Å². The molecule has 4 aromatic carbocycles. The number of aliphatic carboxylic acids is 1. The van der Waals surface area contributed by atoms with Crippen molar-refractivity contribution in [2.75, 3.05) is 5.32 Å². The summed E-state index contributed by atoms with van der Waals surface area (Å²) in [5, 5.41) is 12.6. The number of carboxylic acid groups (broad SMARTS) is 1. The maximum Gasteiger partial charge on any atom is 0.306 e. The van der Waals surface area contributed by atoms with Gasteiger partial charge < -0.3 is 10.4 Å².